The van der Waals surface area contributed by atoms with Gasteiger partial charge >= 0.3 is 0 Å². The van der Waals surface area contributed by atoms with Gasteiger partial charge in [-0.3, -0.25) is 4.79 Å². The van der Waals surface area contributed by atoms with Crippen molar-refractivity contribution in [1.29, 1.82) is 0 Å². The van der Waals surface area contributed by atoms with Crippen molar-refractivity contribution < 1.29 is 9.90 Å². The summed E-state index contributed by atoms with van der Waals surface area (Å²) in [5.74, 6) is 5.86. The van der Waals surface area contributed by atoms with Gasteiger partial charge in [-0.1, -0.05) is 31.8 Å². The molecular weight excluding hydrogens is 250 g/mol. The Morgan fingerprint density at radius 3 is 2.80 bits per heavy atom. The second-order valence-electron chi connectivity index (χ2n) is 6.02. The van der Waals surface area contributed by atoms with Crippen molar-refractivity contribution in [2.24, 2.45) is 5.41 Å². The molecule has 0 saturated heterocycles. The molecule has 1 saturated carbocycles. The Morgan fingerprint density at radius 1 is 1.50 bits per heavy atom. The number of hydrogen-bond donors (Lipinski definition) is 2. The molecule has 3 heteroatoms. The number of aliphatic hydroxyl groups excluding tert-OH is 1. The summed E-state index contributed by atoms with van der Waals surface area (Å²) >= 11 is 0. The Hall–Kier alpha value is -1.79. The van der Waals surface area contributed by atoms with Crippen LogP contribution in [0.3, 0.4) is 0 Å². The molecular formula is C17H21NO2. The zero-order valence-corrected chi connectivity index (χ0v) is 12.3. The molecule has 0 bridgehead atoms. The van der Waals surface area contributed by atoms with Crippen molar-refractivity contribution in [3.8, 4) is 11.8 Å². The predicted molar refractivity (Wildman–Crippen MR) is 79.4 cm³/mol. The van der Waals surface area contributed by atoms with Crippen molar-refractivity contribution >= 4 is 5.91 Å². The van der Waals surface area contributed by atoms with Crippen LogP contribution in [0.15, 0.2) is 18.2 Å². The van der Waals surface area contributed by atoms with Crippen LogP contribution in [0.25, 0.3) is 0 Å². The summed E-state index contributed by atoms with van der Waals surface area (Å²) in [6.07, 6.45) is 1.49. The van der Waals surface area contributed by atoms with Crippen LogP contribution in [0.5, 0.6) is 0 Å². The van der Waals surface area contributed by atoms with Gasteiger partial charge in [-0.2, -0.15) is 0 Å². The van der Waals surface area contributed by atoms with E-state index >= 15 is 0 Å². The summed E-state index contributed by atoms with van der Waals surface area (Å²) in [6.45, 7) is 6.33. The molecule has 1 aromatic rings. The Bertz CT molecular complexity index is 578. The number of hydrogen-bond acceptors (Lipinski definition) is 2. The first kappa shape index (κ1) is 14.6. The van der Waals surface area contributed by atoms with E-state index in [0.717, 1.165) is 17.5 Å². The molecule has 106 valence electrons. The molecule has 2 rings (SSSR count). The summed E-state index contributed by atoms with van der Waals surface area (Å²) in [5.41, 5.74) is 2.76. The predicted octanol–water partition coefficient (Wildman–Crippen LogP) is 2.26. The van der Waals surface area contributed by atoms with Gasteiger partial charge in [0.25, 0.3) is 5.91 Å². The van der Waals surface area contributed by atoms with Gasteiger partial charge in [-0.25, -0.2) is 0 Å². The third-order valence-electron chi connectivity index (χ3n) is 3.78. The molecule has 1 unspecified atom stereocenters. The molecule has 1 amide bonds. The molecule has 1 aliphatic carbocycles. The topological polar surface area (TPSA) is 49.3 Å². The van der Waals surface area contributed by atoms with Crippen molar-refractivity contribution in [3.63, 3.8) is 0 Å². The van der Waals surface area contributed by atoms with Crippen LogP contribution in [0.1, 0.15) is 48.2 Å². The largest absolute Gasteiger partial charge is 0.395 e. The second-order valence-corrected chi connectivity index (χ2v) is 6.02. The maximum Gasteiger partial charge on any atom is 0.251 e. The first-order valence-corrected chi connectivity index (χ1v) is 6.95. The van der Waals surface area contributed by atoms with Crippen molar-refractivity contribution in [2.75, 3.05) is 6.61 Å². The minimum Gasteiger partial charge on any atom is -0.395 e. The summed E-state index contributed by atoms with van der Waals surface area (Å²) < 4.78 is 0. The van der Waals surface area contributed by atoms with Crippen LogP contribution in [-0.2, 0) is 0 Å². The van der Waals surface area contributed by atoms with Crippen LogP contribution in [-0.4, -0.2) is 23.7 Å². The quantitative estimate of drug-likeness (QED) is 0.828. The molecule has 1 atom stereocenters. The molecule has 0 heterocycles. The monoisotopic (exact) mass is 271 g/mol. The zero-order chi connectivity index (χ0) is 14.8. The number of nitrogens with one attached hydrogen (secondary N) is 1. The molecule has 20 heavy (non-hydrogen) atoms. The van der Waals surface area contributed by atoms with E-state index in [9.17, 15) is 4.79 Å². The number of carbonyl (C=O) groups excluding carboxylic acids is 1. The minimum atomic E-state index is -0.0363. The molecule has 0 aromatic heterocycles. The summed E-state index contributed by atoms with van der Waals surface area (Å²) in [7, 11) is 0. The highest BCUT2D eigenvalue weighted by Gasteiger charge is 2.46. The number of aliphatic hydroxyl groups is 1. The molecule has 1 aromatic carbocycles. The third-order valence-corrected chi connectivity index (χ3v) is 3.78. The van der Waals surface area contributed by atoms with Gasteiger partial charge in [0.1, 0.15) is 0 Å². The molecule has 0 aliphatic heterocycles. The summed E-state index contributed by atoms with van der Waals surface area (Å²) in [6, 6.07) is 5.85. The first-order valence-electron chi connectivity index (χ1n) is 6.95. The SMILES string of the molecule is Cc1ccc(C(=O)NC2CC2(C)C)cc1C#CCCO. The van der Waals surface area contributed by atoms with Crippen molar-refractivity contribution in [2.45, 2.75) is 39.7 Å². The summed E-state index contributed by atoms with van der Waals surface area (Å²) in [5, 5.41) is 11.8. The number of aryl methyl sites for hydroxylation is 1. The zero-order valence-electron chi connectivity index (χ0n) is 12.3. The maximum absolute atomic E-state index is 12.2. The maximum atomic E-state index is 12.2. The average Bonchev–Trinajstić information content (AvgIpc) is 2.99. The normalized spacial score (nSPS) is 18.9. The van der Waals surface area contributed by atoms with E-state index in [1.807, 2.05) is 25.1 Å². The number of benzene rings is 1. The van der Waals surface area contributed by atoms with Crippen LogP contribution in [0.2, 0.25) is 0 Å². The lowest BCUT2D eigenvalue weighted by Crippen LogP contribution is -2.28. The average molecular weight is 271 g/mol. The molecule has 3 nitrogen and oxygen atoms in total. The smallest absolute Gasteiger partial charge is 0.251 e. The number of amides is 1. The van der Waals surface area contributed by atoms with E-state index in [-0.39, 0.29) is 24.0 Å². The van der Waals surface area contributed by atoms with E-state index in [0.29, 0.717) is 12.0 Å². The van der Waals surface area contributed by atoms with Gasteiger partial charge in [0.05, 0.1) is 6.61 Å². The number of carbonyl (C=O) groups is 1. The number of rotatable bonds is 3. The Morgan fingerprint density at radius 2 is 2.20 bits per heavy atom. The molecule has 2 N–H and O–H groups in total. The molecule has 1 fully saturated rings. The van der Waals surface area contributed by atoms with Gasteiger partial charge in [-0.05, 0) is 36.5 Å². The lowest BCUT2D eigenvalue weighted by Gasteiger charge is -2.08. The standard InChI is InChI=1S/C17H21NO2/c1-12-7-8-14(10-13(12)6-4-5-9-19)16(20)18-15-11-17(15,2)3/h7-8,10,15,19H,5,9,11H2,1-3H3,(H,18,20). The fourth-order valence-electron chi connectivity index (χ4n) is 2.07. The van der Waals surface area contributed by atoms with Gasteiger partial charge in [0.2, 0.25) is 0 Å². The van der Waals surface area contributed by atoms with E-state index < -0.39 is 0 Å². The van der Waals surface area contributed by atoms with Crippen molar-refractivity contribution in [1.82, 2.24) is 5.32 Å². The lowest BCUT2D eigenvalue weighted by atomic mass is 10.0. The van der Waals surface area contributed by atoms with Crippen molar-refractivity contribution in [3.05, 3.63) is 34.9 Å². The Labute approximate surface area is 120 Å². The van der Waals surface area contributed by atoms with E-state index in [2.05, 4.69) is 31.0 Å². The van der Waals surface area contributed by atoms with Crippen LogP contribution >= 0.6 is 0 Å². The van der Waals surface area contributed by atoms with Crippen LogP contribution in [0, 0.1) is 24.2 Å². The molecule has 1 aliphatic rings. The minimum absolute atomic E-state index is 0.0363. The van der Waals surface area contributed by atoms with Gasteiger partial charge < -0.3 is 10.4 Å². The van der Waals surface area contributed by atoms with E-state index in [1.54, 1.807) is 0 Å². The van der Waals surface area contributed by atoms with Gasteiger partial charge in [-0.15, -0.1) is 0 Å². The van der Waals surface area contributed by atoms with Crippen LogP contribution < -0.4 is 5.32 Å². The highest BCUT2D eigenvalue weighted by atomic mass is 16.2. The van der Waals surface area contributed by atoms with Crippen LogP contribution in [0.4, 0.5) is 0 Å². The van der Waals surface area contributed by atoms with E-state index in [4.69, 9.17) is 5.11 Å². The Balaban J connectivity index is 2.11. The third kappa shape index (κ3) is 3.40. The fraction of sp³-hybridized carbons (Fsp3) is 0.471. The highest BCUT2D eigenvalue weighted by Crippen LogP contribution is 2.44. The first-order chi connectivity index (χ1) is 9.44. The molecule has 0 spiro atoms. The lowest BCUT2D eigenvalue weighted by molar-refractivity contribution is 0.0946. The summed E-state index contributed by atoms with van der Waals surface area (Å²) in [4.78, 5) is 12.2. The fourth-order valence-corrected chi connectivity index (χ4v) is 2.07. The molecule has 0 radical (unpaired) electrons. The second kappa shape index (κ2) is 5.68. The van der Waals surface area contributed by atoms with Gasteiger partial charge in [0, 0.05) is 23.6 Å². The van der Waals surface area contributed by atoms with Gasteiger partial charge in [0.15, 0.2) is 0 Å². The Kier molecular flexibility index (Phi) is 4.15. The highest BCUT2D eigenvalue weighted by molar-refractivity contribution is 5.95. The van der Waals surface area contributed by atoms with E-state index in [1.165, 1.54) is 0 Å².